The molecule has 0 bridgehead atoms. The van der Waals surface area contributed by atoms with Crippen LogP contribution in [-0.2, 0) is 14.8 Å². The van der Waals surface area contributed by atoms with Crippen LogP contribution in [0, 0.1) is 0 Å². The Morgan fingerprint density at radius 3 is 2.37 bits per heavy atom. The third-order valence-corrected chi connectivity index (χ3v) is 5.84. The van der Waals surface area contributed by atoms with Gasteiger partial charge in [-0.3, -0.25) is 4.79 Å². The summed E-state index contributed by atoms with van der Waals surface area (Å²) in [6.45, 7) is 4.21. The number of hydrogen-bond acceptors (Lipinski definition) is 4. The van der Waals surface area contributed by atoms with Gasteiger partial charge in [0.05, 0.1) is 5.75 Å². The zero-order chi connectivity index (χ0) is 13.9. The average molecular weight is 289 g/mol. The van der Waals surface area contributed by atoms with Gasteiger partial charge in [-0.1, -0.05) is 0 Å². The molecular formula is C12H23N3O3S. The second kappa shape index (κ2) is 6.19. The van der Waals surface area contributed by atoms with Crippen molar-refractivity contribution in [3.8, 4) is 0 Å². The van der Waals surface area contributed by atoms with Crippen LogP contribution in [0.3, 0.4) is 0 Å². The molecule has 6 nitrogen and oxygen atoms in total. The largest absolute Gasteiger partial charge is 0.340 e. The summed E-state index contributed by atoms with van der Waals surface area (Å²) in [4.78, 5) is 16.1. The van der Waals surface area contributed by atoms with Crippen LogP contribution >= 0.6 is 0 Å². The normalized spacial score (nSPS) is 25.4. The molecule has 2 saturated heterocycles. The molecule has 0 unspecified atom stereocenters. The predicted molar refractivity (Wildman–Crippen MR) is 73.3 cm³/mol. The average Bonchev–Trinajstić information content (AvgIpc) is 2.37. The first kappa shape index (κ1) is 14.7. The summed E-state index contributed by atoms with van der Waals surface area (Å²) in [5, 5.41) is 0. The molecule has 0 aromatic carbocycles. The van der Waals surface area contributed by atoms with Gasteiger partial charge in [-0.15, -0.1) is 0 Å². The molecule has 2 heterocycles. The number of hydrogen-bond donors (Lipinski definition) is 0. The number of amides is 1. The molecule has 2 aliphatic heterocycles. The molecule has 2 rings (SSSR count). The molecule has 0 aliphatic carbocycles. The Hall–Kier alpha value is -0.660. The Morgan fingerprint density at radius 2 is 1.74 bits per heavy atom. The molecule has 110 valence electrons. The molecular weight excluding hydrogens is 266 g/mol. The molecule has 0 spiro atoms. The van der Waals surface area contributed by atoms with E-state index in [9.17, 15) is 13.2 Å². The molecule has 0 saturated carbocycles. The number of carbonyl (C=O) groups excluding carboxylic acids is 1. The van der Waals surface area contributed by atoms with Gasteiger partial charge in [0.25, 0.3) is 0 Å². The summed E-state index contributed by atoms with van der Waals surface area (Å²) in [5.41, 5.74) is 0. The van der Waals surface area contributed by atoms with E-state index < -0.39 is 10.0 Å². The maximum absolute atomic E-state index is 12.0. The molecule has 7 heteroatoms. The molecule has 19 heavy (non-hydrogen) atoms. The molecule has 1 amide bonds. The SMILES string of the molecule is CN1CCN(C(=O)CCN2CCCCS2(=O)=O)CC1. The van der Waals surface area contributed by atoms with Gasteiger partial charge in [-0.2, -0.15) is 0 Å². The second-order valence-electron chi connectivity index (χ2n) is 5.36. The van der Waals surface area contributed by atoms with Crippen LogP contribution in [-0.4, -0.2) is 80.5 Å². The van der Waals surface area contributed by atoms with Gasteiger partial charge in [0, 0.05) is 45.7 Å². The van der Waals surface area contributed by atoms with Crippen LogP contribution < -0.4 is 0 Å². The van der Waals surface area contributed by atoms with Crippen molar-refractivity contribution in [2.24, 2.45) is 0 Å². The van der Waals surface area contributed by atoms with Gasteiger partial charge < -0.3 is 9.80 Å². The summed E-state index contributed by atoms with van der Waals surface area (Å²) >= 11 is 0. The standard InChI is InChI=1S/C12H23N3O3S/c1-13-7-9-14(10-8-13)12(16)4-6-15-5-2-3-11-19(15,17)18/h2-11H2,1H3. The van der Waals surface area contributed by atoms with Crippen LogP contribution in [0.4, 0.5) is 0 Å². The lowest BCUT2D eigenvalue weighted by Gasteiger charge is -2.33. The van der Waals surface area contributed by atoms with Crippen LogP contribution in [0.1, 0.15) is 19.3 Å². The Balaban J connectivity index is 1.80. The van der Waals surface area contributed by atoms with Crippen molar-refractivity contribution < 1.29 is 13.2 Å². The first-order valence-corrected chi connectivity index (χ1v) is 8.54. The predicted octanol–water partition coefficient (Wildman–Crippen LogP) is -0.424. The summed E-state index contributed by atoms with van der Waals surface area (Å²) < 4.78 is 25.1. The lowest BCUT2D eigenvalue weighted by Crippen LogP contribution is -2.48. The second-order valence-corrected chi connectivity index (χ2v) is 7.44. The lowest BCUT2D eigenvalue weighted by molar-refractivity contribution is -0.132. The quantitative estimate of drug-likeness (QED) is 0.708. The van der Waals surface area contributed by atoms with Crippen LogP contribution in [0.15, 0.2) is 0 Å². The van der Waals surface area contributed by atoms with E-state index in [1.807, 2.05) is 11.9 Å². The van der Waals surface area contributed by atoms with E-state index in [-0.39, 0.29) is 11.7 Å². The first-order chi connectivity index (χ1) is 8.99. The third-order valence-electron chi connectivity index (χ3n) is 3.88. The zero-order valence-corrected chi connectivity index (χ0v) is 12.4. The Labute approximate surface area is 115 Å². The Kier molecular flexibility index (Phi) is 4.81. The minimum absolute atomic E-state index is 0.0777. The van der Waals surface area contributed by atoms with E-state index in [0.717, 1.165) is 39.0 Å². The topological polar surface area (TPSA) is 60.9 Å². The fourth-order valence-electron chi connectivity index (χ4n) is 2.53. The monoisotopic (exact) mass is 289 g/mol. The van der Waals surface area contributed by atoms with E-state index in [1.165, 1.54) is 4.31 Å². The van der Waals surface area contributed by atoms with E-state index in [0.29, 0.717) is 19.5 Å². The highest BCUT2D eigenvalue weighted by atomic mass is 32.2. The molecule has 2 fully saturated rings. The maximum atomic E-state index is 12.0. The van der Waals surface area contributed by atoms with Crippen LogP contribution in [0.25, 0.3) is 0 Å². The third kappa shape index (κ3) is 3.90. The number of carbonyl (C=O) groups is 1. The van der Waals surface area contributed by atoms with E-state index in [2.05, 4.69) is 4.90 Å². The molecule has 0 atom stereocenters. The summed E-state index contributed by atoms with van der Waals surface area (Å²) in [6.07, 6.45) is 1.95. The smallest absolute Gasteiger partial charge is 0.223 e. The fourth-order valence-corrected chi connectivity index (χ4v) is 4.13. The number of nitrogens with zero attached hydrogens (tertiary/aromatic N) is 3. The van der Waals surface area contributed by atoms with Gasteiger partial charge in [0.1, 0.15) is 0 Å². The van der Waals surface area contributed by atoms with Gasteiger partial charge in [-0.05, 0) is 19.9 Å². The number of piperazine rings is 1. The van der Waals surface area contributed by atoms with Gasteiger partial charge >= 0.3 is 0 Å². The van der Waals surface area contributed by atoms with E-state index in [4.69, 9.17) is 0 Å². The lowest BCUT2D eigenvalue weighted by atomic mass is 10.2. The van der Waals surface area contributed by atoms with Crippen molar-refractivity contribution >= 4 is 15.9 Å². The molecule has 0 N–H and O–H groups in total. The van der Waals surface area contributed by atoms with Crippen molar-refractivity contribution in [2.75, 3.05) is 52.1 Å². The summed E-state index contributed by atoms with van der Waals surface area (Å²) in [7, 11) is -1.06. The van der Waals surface area contributed by atoms with Crippen molar-refractivity contribution in [1.29, 1.82) is 0 Å². The minimum atomic E-state index is -3.10. The Bertz CT molecular complexity index is 416. The molecule has 2 aliphatic rings. The number of likely N-dealkylation sites (N-methyl/N-ethyl adjacent to an activating group) is 1. The first-order valence-electron chi connectivity index (χ1n) is 6.93. The van der Waals surface area contributed by atoms with Crippen molar-refractivity contribution in [3.05, 3.63) is 0 Å². The number of sulfonamides is 1. The summed E-state index contributed by atoms with van der Waals surface area (Å²) in [6, 6.07) is 0. The van der Waals surface area contributed by atoms with E-state index >= 15 is 0 Å². The highest BCUT2D eigenvalue weighted by molar-refractivity contribution is 7.89. The van der Waals surface area contributed by atoms with Crippen LogP contribution in [0.2, 0.25) is 0 Å². The zero-order valence-electron chi connectivity index (χ0n) is 11.5. The minimum Gasteiger partial charge on any atom is -0.340 e. The fraction of sp³-hybridized carbons (Fsp3) is 0.917. The number of rotatable bonds is 3. The van der Waals surface area contributed by atoms with Crippen molar-refractivity contribution in [3.63, 3.8) is 0 Å². The Morgan fingerprint density at radius 1 is 1.05 bits per heavy atom. The highest BCUT2D eigenvalue weighted by Gasteiger charge is 2.27. The highest BCUT2D eigenvalue weighted by Crippen LogP contribution is 2.14. The van der Waals surface area contributed by atoms with Gasteiger partial charge in [0.15, 0.2) is 0 Å². The van der Waals surface area contributed by atoms with Crippen molar-refractivity contribution in [2.45, 2.75) is 19.3 Å². The maximum Gasteiger partial charge on any atom is 0.223 e. The van der Waals surface area contributed by atoms with E-state index in [1.54, 1.807) is 0 Å². The van der Waals surface area contributed by atoms with Crippen molar-refractivity contribution in [1.82, 2.24) is 14.1 Å². The van der Waals surface area contributed by atoms with Gasteiger partial charge in [-0.25, -0.2) is 12.7 Å². The summed E-state index contributed by atoms with van der Waals surface area (Å²) in [5.74, 6) is 0.310. The van der Waals surface area contributed by atoms with Gasteiger partial charge in [0.2, 0.25) is 15.9 Å². The molecule has 0 radical (unpaired) electrons. The molecule has 0 aromatic heterocycles. The molecule has 0 aromatic rings. The van der Waals surface area contributed by atoms with Crippen LogP contribution in [0.5, 0.6) is 0 Å².